The van der Waals surface area contributed by atoms with Crippen LogP contribution >= 0.6 is 11.6 Å². The van der Waals surface area contributed by atoms with Gasteiger partial charge in [0.1, 0.15) is 12.4 Å². The lowest BCUT2D eigenvalue weighted by Gasteiger charge is -2.26. The second kappa shape index (κ2) is 7.81. The summed E-state index contributed by atoms with van der Waals surface area (Å²) in [4.78, 5) is 12.3. The summed E-state index contributed by atoms with van der Waals surface area (Å²) in [5.41, 5.74) is 0.664. The fourth-order valence-electron chi connectivity index (χ4n) is 1.97. The normalized spacial score (nSPS) is 11.4. The molecule has 0 spiro atoms. The summed E-state index contributed by atoms with van der Waals surface area (Å²) in [6, 6.07) is 11.3. The van der Waals surface area contributed by atoms with Crippen LogP contribution in [-0.4, -0.2) is 39.3 Å². The van der Waals surface area contributed by atoms with Crippen molar-refractivity contribution >= 4 is 39.1 Å². The molecule has 0 atom stereocenters. The topological polar surface area (TPSA) is 69.7 Å². The molecule has 0 bridgehead atoms. The first-order valence-corrected chi connectivity index (χ1v) is 8.99. The third-order valence-electron chi connectivity index (χ3n) is 3.27. The van der Waals surface area contributed by atoms with Gasteiger partial charge in [0, 0.05) is 24.8 Å². The number of carbonyl (C=O) groups excluding carboxylic acids is 1. The Morgan fingerprint density at radius 2 is 1.64 bits per heavy atom. The number of benzene rings is 2. The SMILES string of the molecule is CN(C)S(=O)(=O)N(CC(=O)Nc1ccc(Cl)cc1)c1ccc(F)cc1. The van der Waals surface area contributed by atoms with Crippen LogP contribution in [0.3, 0.4) is 0 Å². The molecule has 0 heterocycles. The molecule has 0 aromatic heterocycles. The predicted molar refractivity (Wildman–Crippen MR) is 96.4 cm³/mol. The molecule has 6 nitrogen and oxygen atoms in total. The van der Waals surface area contributed by atoms with Crippen LogP contribution in [0.5, 0.6) is 0 Å². The molecule has 134 valence electrons. The highest BCUT2D eigenvalue weighted by molar-refractivity contribution is 7.90. The Balaban J connectivity index is 2.25. The van der Waals surface area contributed by atoms with Gasteiger partial charge in [0.2, 0.25) is 5.91 Å². The summed E-state index contributed by atoms with van der Waals surface area (Å²) in [6.45, 7) is -0.464. The first-order chi connectivity index (χ1) is 11.7. The Morgan fingerprint density at radius 1 is 1.08 bits per heavy atom. The quantitative estimate of drug-likeness (QED) is 0.831. The van der Waals surface area contributed by atoms with E-state index in [1.165, 1.54) is 26.2 Å². The van der Waals surface area contributed by atoms with Crippen LogP contribution in [-0.2, 0) is 15.0 Å². The van der Waals surface area contributed by atoms with E-state index in [9.17, 15) is 17.6 Å². The van der Waals surface area contributed by atoms with Crippen LogP contribution in [0, 0.1) is 5.82 Å². The average Bonchev–Trinajstić information content (AvgIpc) is 2.55. The lowest BCUT2D eigenvalue weighted by Crippen LogP contribution is -2.44. The van der Waals surface area contributed by atoms with Crippen LogP contribution in [0.15, 0.2) is 48.5 Å². The number of anilines is 2. The highest BCUT2D eigenvalue weighted by Crippen LogP contribution is 2.20. The van der Waals surface area contributed by atoms with Crippen molar-refractivity contribution < 1.29 is 17.6 Å². The summed E-state index contributed by atoms with van der Waals surface area (Å²) in [5.74, 6) is -1.05. The summed E-state index contributed by atoms with van der Waals surface area (Å²) in [7, 11) is -1.24. The van der Waals surface area contributed by atoms with Crippen LogP contribution in [0.2, 0.25) is 5.02 Å². The maximum atomic E-state index is 13.1. The van der Waals surface area contributed by atoms with Gasteiger partial charge in [-0.25, -0.2) is 8.70 Å². The fraction of sp³-hybridized carbons (Fsp3) is 0.188. The van der Waals surface area contributed by atoms with E-state index in [1.807, 2.05) is 0 Å². The van der Waals surface area contributed by atoms with Gasteiger partial charge in [-0.1, -0.05) is 11.6 Å². The van der Waals surface area contributed by atoms with Crippen molar-refractivity contribution in [2.75, 3.05) is 30.3 Å². The van der Waals surface area contributed by atoms with E-state index < -0.39 is 28.5 Å². The molecule has 25 heavy (non-hydrogen) atoms. The fourth-order valence-corrected chi connectivity index (χ4v) is 3.16. The zero-order chi connectivity index (χ0) is 18.6. The summed E-state index contributed by atoms with van der Waals surface area (Å²) >= 11 is 5.78. The lowest BCUT2D eigenvalue weighted by molar-refractivity contribution is -0.114. The zero-order valence-corrected chi connectivity index (χ0v) is 15.2. The lowest BCUT2D eigenvalue weighted by atomic mass is 10.3. The van der Waals surface area contributed by atoms with Crippen molar-refractivity contribution in [3.05, 3.63) is 59.4 Å². The minimum Gasteiger partial charge on any atom is -0.325 e. The molecule has 1 N–H and O–H groups in total. The minimum absolute atomic E-state index is 0.182. The van der Waals surface area contributed by atoms with Crippen molar-refractivity contribution in [1.82, 2.24) is 4.31 Å². The Bertz CT molecular complexity index is 840. The van der Waals surface area contributed by atoms with Crippen LogP contribution in [0.1, 0.15) is 0 Å². The Labute approximate surface area is 151 Å². The first-order valence-electron chi connectivity index (χ1n) is 7.21. The first kappa shape index (κ1) is 19.2. The smallest absolute Gasteiger partial charge is 0.304 e. The monoisotopic (exact) mass is 385 g/mol. The van der Waals surface area contributed by atoms with E-state index in [0.717, 1.165) is 20.7 Å². The molecule has 2 rings (SSSR count). The van der Waals surface area contributed by atoms with E-state index >= 15 is 0 Å². The summed E-state index contributed by atoms with van der Waals surface area (Å²) in [6.07, 6.45) is 0. The van der Waals surface area contributed by atoms with Crippen LogP contribution in [0.4, 0.5) is 15.8 Å². The van der Waals surface area contributed by atoms with Gasteiger partial charge in [0.05, 0.1) is 5.69 Å². The number of amides is 1. The van der Waals surface area contributed by atoms with Gasteiger partial charge in [0.25, 0.3) is 0 Å². The van der Waals surface area contributed by atoms with Crippen LogP contribution in [0.25, 0.3) is 0 Å². The second-order valence-corrected chi connectivity index (χ2v) is 7.83. The average molecular weight is 386 g/mol. The molecule has 0 saturated heterocycles. The van der Waals surface area contributed by atoms with Gasteiger partial charge in [-0.3, -0.25) is 4.79 Å². The van der Waals surface area contributed by atoms with Crippen LogP contribution < -0.4 is 9.62 Å². The molecule has 2 aromatic rings. The molecule has 2 aromatic carbocycles. The maximum absolute atomic E-state index is 13.1. The van der Waals surface area contributed by atoms with E-state index in [2.05, 4.69) is 5.32 Å². The molecular formula is C16H17ClFN3O3S. The summed E-state index contributed by atoms with van der Waals surface area (Å²) in [5, 5.41) is 3.11. The van der Waals surface area contributed by atoms with Crippen molar-refractivity contribution in [1.29, 1.82) is 0 Å². The molecule has 0 radical (unpaired) electrons. The van der Waals surface area contributed by atoms with Crippen molar-refractivity contribution in [2.24, 2.45) is 0 Å². The number of hydrogen-bond donors (Lipinski definition) is 1. The predicted octanol–water partition coefficient (Wildman–Crippen LogP) is 2.73. The highest BCUT2D eigenvalue weighted by atomic mass is 35.5. The van der Waals surface area contributed by atoms with Gasteiger partial charge in [-0.15, -0.1) is 0 Å². The number of hydrogen-bond acceptors (Lipinski definition) is 3. The van der Waals surface area contributed by atoms with Crippen molar-refractivity contribution in [2.45, 2.75) is 0 Å². The third kappa shape index (κ3) is 4.91. The number of nitrogens with one attached hydrogen (secondary N) is 1. The number of carbonyl (C=O) groups is 1. The van der Waals surface area contributed by atoms with Gasteiger partial charge in [-0.2, -0.15) is 12.7 Å². The third-order valence-corrected chi connectivity index (χ3v) is 5.34. The van der Waals surface area contributed by atoms with E-state index in [1.54, 1.807) is 24.3 Å². The molecule has 0 aliphatic carbocycles. The second-order valence-electron chi connectivity index (χ2n) is 5.33. The van der Waals surface area contributed by atoms with Crippen molar-refractivity contribution in [3.63, 3.8) is 0 Å². The minimum atomic E-state index is -3.94. The molecule has 0 aliphatic rings. The standard InChI is InChI=1S/C16H17ClFN3O3S/c1-20(2)25(23,24)21(15-9-5-13(18)6-10-15)11-16(22)19-14-7-3-12(17)4-8-14/h3-10H,11H2,1-2H3,(H,19,22). The Morgan fingerprint density at radius 3 is 2.16 bits per heavy atom. The Kier molecular flexibility index (Phi) is 5.99. The number of nitrogens with zero attached hydrogens (tertiary/aromatic N) is 2. The largest absolute Gasteiger partial charge is 0.325 e. The molecule has 0 aliphatic heterocycles. The molecule has 0 unspecified atom stereocenters. The molecule has 0 saturated carbocycles. The van der Waals surface area contributed by atoms with Gasteiger partial charge in [0.15, 0.2) is 0 Å². The van der Waals surface area contributed by atoms with Gasteiger partial charge in [-0.05, 0) is 48.5 Å². The number of rotatable bonds is 6. The van der Waals surface area contributed by atoms with Gasteiger partial charge >= 0.3 is 10.2 Å². The van der Waals surface area contributed by atoms with E-state index in [0.29, 0.717) is 10.7 Å². The zero-order valence-electron chi connectivity index (χ0n) is 13.6. The summed E-state index contributed by atoms with van der Waals surface area (Å²) < 4.78 is 40.0. The van der Waals surface area contributed by atoms with E-state index in [4.69, 9.17) is 11.6 Å². The Hall–Kier alpha value is -2.16. The van der Waals surface area contributed by atoms with E-state index in [-0.39, 0.29) is 5.69 Å². The molecule has 0 fully saturated rings. The molecular weight excluding hydrogens is 369 g/mol. The highest BCUT2D eigenvalue weighted by Gasteiger charge is 2.27. The maximum Gasteiger partial charge on any atom is 0.304 e. The van der Waals surface area contributed by atoms with Crippen molar-refractivity contribution in [3.8, 4) is 0 Å². The molecule has 9 heteroatoms. The molecule has 1 amide bonds. The number of halogens is 2. The van der Waals surface area contributed by atoms with Gasteiger partial charge < -0.3 is 5.32 Å².